The molecule has 0 bridgehead atoms. The Morgan fingerprint density at radius 1 is 1.10 bits per heavy atom. The van der Waals surface area contributed by atoms with Crippen molar-refractivity contribution in [3.8, 4) is 0 Å². The van der Waals surface area contributed by atoms with Gasteiger partial charge in [-0.25, -0.2) is 0 Å². The molecule has 1 aromatic carbocycles. The SMILES string of the molecule is CC(C)COC(=O)C(Br)(CC(C)C)C(=O)c1ccccc1. The molecule has 0 aliphatic heterocycles. The zero-order valence-corrected chi connectivity index (χ0v) is 14.6. The second-order valence-electron chi connectivity index (χ2n) is 6.09. The number of ketones is 1. The van der Waals surface area contributed by atoms with E-state index in [1.165, 1.54) is 0 Å². The number of hydrogen-bond acceptors (Lipinski definition) is 3. The zero-order valence-electron chi connectivity index (χ0n) is 13.1. The maximum atomic E-state index is 12.7. The molecule has 4 heteroatoms. The van der Waals surface area contributed by atoms with Crippen LogP contribution in [0.4, 0.5) is 0 Å². The van der Waals surface area contributed by atoms with Gasteiger partial charge in [0, 0.05) is 5.56 Å². The van der Waals surface area contributed by atoms with Crippen molar-refractivity contribution in [3.63, 3.8) is 0 Å². The molecule has 116 valence electrons. The Bertz CT molecular complexity index is 482. The van der Waals surface area contributed by atoms with Crippen molar-refractivity contribution in [2.75, 3.05) is 6.61 Å². The average Bonchev–Trinajstić information content (AvgIpc) is 2.43. The van der Waals surface area contributed by atoms with Crippen LogP contribution in [-0.2, 0) is 9.53 Å². The van der Waals surface area contributed by atoms with Gasteiger partial charge in [0.15, 0.2) is 10.1 Å². The summed E-state index contributed by atoms with van der Waals surface area (Å²) in [4.78, 5) is 25.2. The molecule has 0 saturated carbocycles. The van der Waals surface area contributed by atoms with Crippen LogP contribution in [0.1, 0.15) is 44.5 Å². The van der Waals surface area contributed by atoms with E-state index in [2.05, 4.69) is 15.9 Å². The van der Waals surface area contributed by atoms with Crippen molar-refractivity contribution in [1.29, 1.82) is 0 Å². The molecule has 0 amide bonds. The first-order valence-corrected chi connectivity index (χ1v) is 8.02. The molecule has 1 atom stereocenters. The van der Waals surface area contributed by atoms with Gasteiger partial charge in [-0.2, -0.15) is 0 Å². The minimum Gasteiger partial charge on any atom is -0.464 e. The lowest BCUT2D eigenvalue weighted by Gasteiger charge is -2.26. The van der Waals surface area contributed by atoms with E-state index in [1.54, 1.807) is 24.3 Å². The van der Waals surface area contributed by atoms with E-state index in [-0.39, 0.29) is 17.6 Å². The molecule has 0 aliphatic carbocycles. The van der Waals surface area contributed by atoms with E-state index >= 15 is 0 Å². The summed E-state index contributed by atoms with van der Waals surface area (Å²) in [5.41, 5.74) is 0.511. The van der Waals surface area contributed by atoms with Crippen molar-refractivity contribution in [2.45, 2.75) is 38.4 Å². The van der Waals surface area contributed by atoms with Crippen LogP contribution >= 0.6 is 15.9 Å². The summed E-state index contributed by atoms with van der Waals surface area (Å²) in [6.45, 7) is 8.19. The van der Waals surface area contributed by atoms with Crippen LogP contribution in [0.2, 0.25) is 0 Å². The van der Waals surface area contributed by atoms with E-state index in [1.807, 2.05) is 33.8 Å². The normalized spacial score (nSPS) is 14.0. The summed E-state index contributed by atoms with van der Waals surface area (Å²) >= 11 is 3.38. The fraction of sp³-hybridized carbons (Fsp3) is 0.529. The first-order valence-electron chi connectivity index (χ1n) is 7.23. The minimum atomic E-state index is -1.31. The van der Waals surface area contributed by atoms with Crippen LogP contribution in [0.3, 0.4) is 0 Å². The molecule has 0 radical (unpaired) electrons. The fourth-order valence-corrected chi connectivity index (χ4v) is 3.00. The van der Waals surface area contributed by atoms with Gasteiger partial charge in [-0.1, -0.05) is 74.0 Å². The first kappa shape index (κ1) is 17.9. The largest absolute Gasteiger partial charge is 0.464 e. The third-order valence-corrected chi connectivity index (χ3v) is 3.96. The first-order chi connectivity index (χ1) is 9.77. The van der Waals surface area contributed by atoms with Crippen molar-refractivity contribution >= 4 is 27.7 Å². The minimum absolute atomic E-state index is 0.184. The van der Waals surface area contributed by atoms with Crippen LogP contribution < -0.4 is 0 Å². The number of hydrogen-bond donors (Lipinski definition) is 0. The van der Waals surface area contributed by atoms with E-state index in [9.17, 15) is 9.59 Å². The van der Waals surface area contributed by atoms with Gasteiger partial charge in [0.2, 0.25) is 0 Å². The average molecular weight is 355 g/mol. The molecule has 0 spiro atoms. The highest BCUT2D eigenvalue weighted by Crippen LogP contribution is 2.32. The Morgan fingerprint density at radius 3 is 2.14 bits per heavy atom. The van der Waals surface area contributed by atoms with Gasteiger partial charge in [0.1, 0.15) is 0 Å². The van der Waals surface area contributed by atoms with E-state index < -0.39 is 10.3 Å². The van der Waals surface area contributed by atoms with Gasteiger partial charge in [0.25, 0.3) is 0 Å². The Balaban J connectivity index is 3.03. The molecule has 0 heterocycles. The third-order valence-electron chi connectivity index (χ3n) is 2.96. The smallest absolute Gasteiger partial charge is 0.330 e. The Hall–Kier alpha value is -1.16. The number of rotatable bonds is 7. The molecular weight excluding hydrogens is 332 g/mol. The number of halogens is 1. The number of carbonyl (C=O) groups is 2. The topological polar surface area (TPSA) is 43.4 Å². The highest BCUT2D eigenvalue weighted by atomic mass is 79.9. The molecule has 3 nitrogen and oxygen atoms in total. The lowest BCUT2D eigenvalue weighted by Crippen LogP contribution is -2.43. The van der Waals surface area contributed by atoms with Gasteiger partial charge in [-0.3, -0.25) is 9.59 Å². The lowest BCUT2D eigenvalue weighted by atomic mass is 9.89. The van der Waals surface area contributed by atoms with E-state index in [0.717, 1.165) is 0 Å². The van der Waals surface area contributed by atoms with Gasteiger partial charge < -0.3 is 4.74 Å². The highest BCUT2D eigenvalue weighted by Gasteiger charge is 2.45. The van der Waals surface area contributed by atoms with Crippen molar-refractivity contribution in [2.24, 2.45) is 11.8 Å². The fourth-order valence-electron chi connectivity index (χ4n) is 2.01. The van der Waals surface area contributed by atoms with E-state index in [4.69, 9.17) is 4.74 Å². The molecule has 1 unspecified atom stereocenters. The summed E-state index contributed by atoms with van der Waals surface area (Å²) < 4.78 is 4.00. The van der Waals surface area contributed by atoms with Crippen LogP contribution in [0, 0.1) is 11.8 Å². The standard InChI is InChI=1S/C17H23BrO3/c1-12(2)10-17(18,16(20)21-11-13(3)4)15(19)14-8-6-5-7-9-14/h5-9,12-13H,10-11H2,1-4H3. The van der Waals surface area contributed by atoms with Crippen LogP contribution in [0.25, 0.3) is 0 Å². The van der Waals surface area contributed by atoms with Gasteiger partial charge in [0.05, 0.1) is 6.61 Å². The molecule has 1 rings (SSSR count). The predicted octanol–water partition coefficient (Wildman–Crippen LogP) is 4.25. The predicted molar refractivity (Wildman–Crippen MR) is 87.7 cm³/mol. The number of ether oxygens (including phenoxy) is 1. The third kappa shape index (κ3) is 4.95. The molecule has 0 N–H and O–H groups in total. The summed E-state index contributed by atoms with van der Waals surface area (Å²) in [6, 6.07) is 8.85. The molecule has 21 heavy (non-hydrogen) atoms. The Kier molecular flexibility index (Phi) is 6.59. The zero-order chi connectivity index (χ0) is 16.0. The maximum absolute atomic E-state index is 12.7. The van der Waals surface area contributed by atoms with Crippen molar-refractivity contribution in [3.05, 3.63) is 35.9 Å². The van der Waals surface area contributed by atoms with Gasteiger partial charge in [-0.15, -0.1) is 0 Å². The number of esters is 1. The summed E-state index contributed by atoms with van der Waals surface area (Å²) in [5, 5.41) is 0. The second-order valence-corrected chi connectivity index (χ2v) is 7.44. The number of benzene rings is 1. The quantitative estimate of drug-likeness (QED) is 0.318. The number of Topliss-reactive ketones (excluding diaryl/α,β-unsaturated/α-hetero) is 1. The van der Waals surface area contributed by atoms with Gasteiger partial charge in [-0.05, 0) is 18.3 Å². The summed E-state index contributed by atoms with van der Waals surface area (Å²) in [6.07, 6.45) is 0.400. The monoisotopic (exact) mass is 354 g/mol. The number of alkyl halides is 1. The molecule has 0 fully saturated rings. The van der Waals surface area contributed by atoms with E-state index in [0.29, 0.717) is 18.6 Å². The molecule has 0 aliphatic rings. The number of carbonyl (C=O) groups excluding carboxylic acids is 2. The van der Waals surface area contributed by atoms with Crippen molar-refractivity contribution < 1.29 is 14.3 Å². The molecule has 0 aromatic heterocycles. The van der Waals surface area contributed by atoms with Crippen LogP contribution in [-0.4, -0.2) is 22.7 Å². The maximum Gasteiger partial charge on any atom is 0.330 e. The Morgan fingerprint density at radius 2 is 1.67 bits per heavy atom. The highest BCUT2D eigenvalue weighted by molar-refractivity contribution is 9.10. The van der Waals surface area contributed by atoms with Gasteiger partial charge >= 0.3 is 5.97 Å². The lowest BCUT2D eigenvalue weighted by molar-refractivity contribution is -0.146. The summed E-state index contributed by atoms with van der Waals surface area (Å²) in [5.74, 6) is -0.329. The Labute approximate surface area is 135 Å². The van der Waals surface area contributed by atoms with Crippen molar-refractivity contribution in [1.82, 2.24) is 0 Å². The summed E-state index contributed by atoms with van der Waals surface area (Å²) in [7, 11) is 0. The second kappa shape index (κ2) is 7.74. The molecule has 1 aromatic rings. The van der Waals surface area contributed by atoms with Crippen LogP contribution in [0.5, 0.6) is 0 Å². The van der Waals surface area contributed by atoms with Crippen LogP contribution in [0.15, 0.2) is 30.3 Å². The molecule has 0 saturated heterocycles. The molecular formula is C17H23BrO3.